The van der Waals surface area contributed by atoms with E-state index in [1.54, 1.807) is 58.4 Å². The van der Waals surface area contributed by atoms with Gasteiger partial charge < -0.3 is 19.7 Å². The number of hydrogen-bond acceptors (Lipinski definition) is 7. The van der Waals surface area contributed by atoms with E-state index in [9.17, 15) is 9.59 Å². The number of aromatic nitrogens is 2. The minimum atomic E-state index is -0.624. The Morgan fingerprint density at radius 2 is 1.89 bits per heavy atom. The average Bonchev–Trinajstić information content (AvgIpc) is 2.63. The van der Waals surface area contributed by atoms with Gasteiger partial charge in [0.25, 0.3) is 0 Å². The Morgan fingerprint density at radius 3 is 2.46 bits per heavy atom. The van der Waals surface area contributed by atoms with Crippen LogP contribution < -0.4 is 10.1 Å². The van der Waals surface area contributed by atoms with Gasteiger partial charge in [0.1, 0.15) is 23.9 Å². The third kappa shape index (κ3) is 6.63. The van der Waals surface area contributed by atoms with Crippen molar-refractivity contribution in [2.45, 2.75) is 32.4 Å². The summed E-state index contributed by atoms with van der Waals surface area (Å²) in [5, 5.41) is 3.14. The predicted molar refractivity (Wildman–Crippen MR) is 113 cm³/mol. The summed E-state index contributed by atoms with van der Waals surface area (Å²) >= 11 is 2.10. The van der Waals surface area contributed by atoms with Crippen LogP contribution in [-0.2, 0) is 16.0 Å². The largest absolute Gasteiger partial charge is 0.461 e. The maximum Gasteiger partial charge on any atom is 0.414 e. The second-order valence-corrected chi connectivity index (χ2v) is 7.67. The molecule has 150 valence electrons. The molecule has 2 aromatic rings. The van der Waals surface area contributed by atoms with Crippen molar-refractivity contribution >= 4 is 40.5 Å². The van der Waals surface area contributed by atoms with Gasteiger partial charge in [-0.15, -0.1) is 0 Å². The molecule has 2 rings (SSSR count). The van der Waals surface area contributed by atoms with E-state index in [1.165, 1.54) is 11.2 Å². The zero-order valence-electron chi connectivity index (χ0n) is 16.2. The number of esters is 1. The molecule has 0 saturated carbocycles. The first kappa shape index (κ1) is 21.9. The van der Waals surface area contributed by atoms with Gasteiger partial charge in [-0.25, -0.2) is 19.6 Å². The van der Waals surface area contributed by atoms with Crippen LogP contribution >= 0.6 is 22.6 Å². The Kier molecular flexibility index (Phi) is 7.97. The Labute approximate surface area is 177 Å². The van der Waals surface area contributed by atoms with E-state index in [4.69, 9.17) is 9.47 Å². The van der Waals surface area contributed by atoms with Crippen LogP contribution in [-0.4, -0.2) is 53.2 Å². The SMILES string of the molecule is CC(C)OC(=O)[C@H](Cc1ccc(OC(=O)N(C)C)cc1)Nc1ncncc1I. The number of halogens is 1. The smallest absolute Gasteiger partial charge is 0.414 e. The lowest BCUT2D eigenvalue weighted by molar-refractivity contribution is -0.148. The number of ether oxygens (including phenoxy) is 2. The van der Waals surface area contributed by atoms with Crippen LogP contribution in [0.3, 0.4) is 0 Å². The summed E-state index contributed by atoms with van der Waals surface area (Å²) in [7, 11) is 3.23. The number of amides is 1. The first-order valence-corrected chi connectivity index (χ1v) is 9.74. The molecular weight excluding hydrogens is 475 g/mol. The minimum Gasteiger partial charge on any atom is -0.461 e. The molecule has 28 heavy (non-hydrogen) atoms. The number of benzene rings is 1. The quantitative estimate of drug-likeness (QED) is 0.463. The molecule has 0 bridgehead atoms. The molecule has 1 atom stereocenters. The predicted octanol–water partition coefficient (Wildman–Crippen LogP) is 3.12. The van der Waals surface area contributed by atoms with Gasteiger partial charge >= 0.3 is 12.1 Å². The summed E-state index contributed by atoms with van der Waals surface area (Å²) in [6.45, 7) is 3.61. The van der Waals surface area contributed by atoms with Crippen molar-refractivity contribution in [3.63, 3.8) is 0 Å². The monoisotopic (exact) mass is 498 g/mol. The second-order valence-electron chi connectivity index (χ2n) is 6.51. The molecule has 0 aliphatic carbocycles. The van der Waals surface area contributed by atoms with Crippen molar-refractivity contribution in [3.8, 4) is 5.75 Å². The maximum atomic E-state index is 12.6. The van der Waals surface area contributed by atoms with E-state index in [0.717, 1.165) is 9.13 Å². The number of hydrogen-bond donors (Lipinski definition) is 1. The van der Waals surface area contributed by atoms with Gasteiger partial charge in [0.05, 0.1) is 9.67 Å². The van der Waals surface area contributed by atoms with E-state index in [-0.39, 0.29) is 12.1 Å². The van der Waals surface area contributed by atoms with Gasteiger partial charge in [-0.1, -0.05) is 12.1 Å². The highest BCUT2D eigenvalue weighted by atomic mass is 127. The highest BCUT2D eigenvalue weighted by Gasteiger charge is 2.23. The van der Waals surface area contributed by atoms with Crippen molar-refractivity contribution < 1.29 is 19.1 Å². The molecule has 8 nitrogen and oxygen atoms in total. The molecule has 0 aliphatic rings. The average molecular weight is 498 g/mol. The molecule has 0 aliphatic heterocycles. The van der Waals surface area contributed by atoms with Gasteiger partial charge in [-0.05, 0) is 54.1 Å². The highest BCUT2D eigenvalue weighted by Crippen LogP contribution is 2.18. The van der Waals surface area contributed by atoms with Crippen molar-refractivity contribution in [2.75, 3.05) is 19.4 Å². The van der Waals surface area contributed by atoms with Gasteiger partial charge in [0, 0.05) is 26.7 Å². The van der Waals surface area contributed by atoms with E-state index >= 15 is 0 Å². The fourth-order valence-corrected chi connectivity index (χ4v) is 2.67. The van der Waals surface area contributed by atoms with Gasteiger partial charge in [0.15, 0.2) is 0 Å². The maximum absolute atomic E-state index is 12.6. The van der Waals surface area contributed by atoms with Gasteiger partial charge in [-0.3, -0.25) is 0 Å². The van der Waals surface area contributed by atoms with Crippen LogP contribution in [0.1, 0.15) is 19.4 Å². The molecule has 1 aromatic carbocycles. The van der Waals surface area contributed by atoms with Gasteiger partial charge in [-0.2, -0.15) is 0 Å². The number of nitrogens with zero attached hydrogens (tertiary/aromatic N) is 3. The Hall–Kier alpha value is -2.43. The lowest BCUT2D eigenvalue weighted by Crippen LogP contribution is -2.35. The fraction of sp³-hybridized carbons (Fsp3) is 0.368. The third-order valence-electron chi connectivity index (χ3n) is 3.55. The molecule has 9 heteroatoms. The standard InChI is InChI=1S/C19H23IN4O4/c1-12(2)27-18(25)16(23-17-15(20)10-21-11-22-17)9-13-5-7-14(8-6-13)28-19(26)24(3)4/h5-8,10-12,16H,9H2,1-4H3,(H,21,22,23)/t16-/m0/s1. The normalized spacial score (nSPS) is 11.6. The number of carbonyl (C=O) groups excluding carboxylic acids is 2. The minimum absolute atomic E-state index is 0.228. The second kappa shape index (κ2) is 10.2. The lowest BCUT2D eigenvalue weighted by Gasteiger charge is -2.20. The number of carbonyl (C=O) groups is 2. The Balaban J connectivity index is 2.14. The molecule has 0 radical (unpaired) electrons. The molecule has 0 spiro atoms. The van der Waals surface area contributed by atoms with Gasteiger partial charge in [0.2, 0.25) is 0 Å². The molecular formula is C19H23IN4O4. The van der Waals surface area contributed by atoms with Crippen molar-refractivity contribution in [3.05, 3.63) is 45.9 Å². The van der Waals surface area contributed by atoms with Crippen molar-refractivity contribution in [1.82, 2.24) is 14.9 Å². The van der Waals surface area contributed by atoms with Crippen LogP contribution in [0.4, 0.5) is 10.6 Å². The molecule has 0 fully saturated rings. The van der Waals surface area contributed by atoms with Crippen LogP contribution in [0.15, 0.2) is 36.8 Å². The van der Waals surface area contributed by atoms with E-state index in [0.29, 0.717) is 18.0 Å². The topological polar surface area (TPSA) is 93.7 Å². The summed E-state index contributed by atoms with van der Waals surface area (Å²) in [6.07, 6.45) is 2.78. The zero-order valence-corrected chi connectivity index (χ0v) is 18.3. The summed E-state index contributed by atoms with van der Waals surface area (Å²) < 4.78 is 11.4. The third-order valence-corrected chi connectivity index (χ3v) is 4.34. The molecule has 1 aromatic heterocycles. The van der Waals surface area contributed by atoms with Crippen LogP contribution in [0, 0.1) is 3.57 Å². The summed E-state index contributed by atoms with van der Waals surface area (Å²) in [4.78, 5) is 33.7. The lowest BCUT2D eigenvalue weighted by atomic mass is 10.1. The molecule has 1 N–H and O–H groups in total. The number of nitrogens with one attached hydrogen (secondary N) is 1. The fourth-order valence-electron chi connectivity index (χ4n) is 2.21. The number of rotatable bonds is 7. The molecule has 0 saturated heterocycles. The van der Waals surface area contributed by atoms with Crippen LogP contribution in [0.2, 0.25) is 0 Å². The first-order chi connectivity index (χ1) is 13.3. The summed E-state index contributed by atoms with van der Waals surface area (Å²) in [5.41, 5.74) is 0.881. The van der Waals surface area contributed by atoms with Crippen LogP contribution in [0.5, 0.6) is 5.75 Å². The molecule has 1 heterocycles. The summed E-state index contributed by atoms with van der Waals surface area (Å²) in [5.74, 6) is 0.632. The van der Waals surface area contributed by atoms with Crippen molar-refractivity contribution in [2.24, 2.45) is 0 Å². The van der Waals surface area contributed by atoms with E-state index in [2.05, 4.69) is 37.9 Å². The molecule has 1 amide bonds. The Morgan fingerprint density at radius 1 is 1.21 bits per heavy atom. The zero-order chi connectivity index (χ0) is 20.7. The number of anilines is 1. The summed E-state index contributed by atoms with van der Waals surface area (Å²) in [6, 6.07) is 6.37. The van der Waals surface area contributed by atoms with E-state index < -0.39 is 12.1 Å². The van der Waals surface area contributed by atoms with Crippen molar-refractivity contribution in [1.29, 1.82) is 0 Å². The molecule has 0 unspecified atom stereocenters. The van der Waals surface area contributed by atoms with Crippen LogP contribution in [0.25, 0.3) is 0 Å². The Bertz CT molecular complexity index is 812. The highest BCUT2D eigenvalue weighted by molar-refractivity contribution is 14.1. The first-order valence-electron chi connectivity index (χ1n) is 8.67. The van der Waals surface area contributed by atoms with E-state index in [1.807, 2.05) is 0 Å².